The zero-order chi connectivity index (χ0) is 15.5. The fraction of sp³-hybridized carbons (Fsp3) is 0.438. The zero-order valence-corrected chi connectivity index (χ0v) is 13.3. The first-order valence-corrected chi connectivity index (χ1v) is 8.00. The van der Waals surface area contributed by atoms with Crippen molar-refractivity contribution in [2.45, 2.75) is 38.6 Å². The third kappa shape index (κ3) is 2.79. The van der Waals surface area contributed by atoms with Crippen LogP contribution in [0.1, 0.15) is 38.3 Å². The van der Waals surface area contributed by atoms with Crippen LogP contribution in [0.25, 0.3) is 5.69 Å². The fourth-order valence-corrected chi connectivity index (χ4v) is 3.17. The molecule has 6 heteroatoms. The van der Waals surface area contributed by atoms with Crippen molar-refractivity contribution in [3.63, 3.8) is 0 Å². The number of piperidine rings is 1. The number of nitrogens with zero attached hydrogens (tertiary/aromatic N) is 5. The predicted molar refractivity (Wildman–Crippen MR) is 86.4 cm³/mol. The summed E-state index contributed by atoms with van der Waals surface area (Å²) in [6, 6.07) is 9.93. The molecule has 0 aliphatic carbocycles. The Morgan fingerprint density at radius 1 is 1.36 bits per heavy atom. The number of halogens is 1. The van der Waals surface area contributed by atoms with E-state index in [1.807, 2.05) is 12.1 Å². The van der Waals surface area contributed by atoms with Crippen molar-refractivity contribution in [1.82, 2.24) is 15.0 Å². The molecule has 1 unspecified atom stereocenters. The van der Waals surface area contributed by atoms with Gasteiger partial charge in [-0.05, 0) is 43.9 Å². The first kappa shape index (κ1) is 14.9. The first-order chi connectivity index (χ1) is 10.7. The molecule has 22 heavy (non-hydrogen) atoms. The van der Waals surface area contributed by atoms with Crippen molar-refractivity contribution in [3.8, 4) is 11.8 Å². The molecule has 114 valence electrons. The average Bonchev–Trinajstić information content (AvgIpc) is 2.99. The fourth-order valence-electron chi connectivity index (χ4n) is 2.98. The SMILES string of the molecule is CCC1CCCCN1c1nn(-c2cccc(Cl)c2)nc1C#N. The van der Waals surface area contributed by atoms with Gasteiger partial charge in [-0.25, -0.2) is 0 Å². The van der Waals surface area contributed by atoms with Crippen LogP contribution in [-0.4, -0.2) is 27.6 Å². The van der Waals surface area contributed by atoms with Gasteiger partial charge < -0.3 is 4.90 Å². The lowest BCUT2D eigenvalue weighted by molar-refractivity contribution is 0.446. The Balaban J connectivity index is 2.00. The van der Waals surface area contributed by atoms with Crippen LogP contribution in [0, 0.1) is 11.3 Å². The maximum atomic E-state index is 9.40. The number of rotatable bonds is 3. The lowest BCUT2D eigenvalue weighted by Crippen LogP contribution is -2.39. The molecule has 0 radical (unpaired) electrons. The van der Waals surface area contributed by atoms with Crippen LogP contribution in [0.4, 0.5) is 5.82 Å². The van der Waals surface area contributed by atoms with Gasteiger partial charge in [0.2, 0.25) is 5.69 Å². The molecule has 0 bridgehead atoms. The van der Waals surface area contributed by atoms with E-state index >= 15 is 0 Å². The minimum Gasteiger partial charge on any atom is -0.350 e. The molecular weight excluding hydrogens is 298 g/mol. The quantitative estimate of drug-likeness (QED) is 0.869. The maximum absolute atomic E-state index is 9.40. The van der Waals surface area contributed by atoms with Crippen molar-refractivity contribution in [2.75, 3.05) is 11.4 Å². The number of hydrogen-bond acceptors (Lipinski definition) is 4. The van der Waals surface area contributed by atoms with Gasteiger partial charge in [-0.15, -0.1) is 15.0 Å². The van der Waals surface area contributed by atoms with Gasteiger partial charge in [0.1, 0.15) is 6.07 Å². The van der Waals surface area contributed by atoms with Crippen LogP contribution in [0.5, 0.6) is 0 Å². The Morgan fingerprint density at radius 2 is 2.23 bits per heavy atom. The van der Waals surface area contributed by atoms with Crippen LogP contribution < -0.4 is 4.90 Å². The summed E-state index contributed by atoms with van der Waals surface area (Å²) >= 11 is 6.03. The minimum absolute atomic E-state index is 0.375. The Hall–Kier alpha value is -2.06. The van der Waals surface area contributed by atoms with E-state index in [2.05, 4.69) is 28.1 Å². The number of aromatic nitrogens is 3. The molecular formula is C16H18ClN5. The van der Waals surface area contributed by atoms with E-state index in [9.17, 15) is 5.26 Å². The predicted octanol–water partition coefficient (Wildman–Crippen LogP) is 3.56. The molecule has 1 aliphatic heterocycles. The van der Waals surface area contributed by atoms with Gasteiger partial charge in [0.25, 0.3) is 0 Å². The van der Waals surface area contributed by atoms with Crippen molar-refractivity contribution in [3.05, 3.63) is 35.0 Å². The van der Waals surface area contributed by atoms with Crippen LogP contribution in [-0.2, 0) is 0 Å². The van der Waals surface area contributed by atoms with Gasteiger partial charge in [0.05, 0.1) is 5.69 Å². The molecule has 2 aromatic rings. The molecule has 1 aromatic carbocycles. The molecule has 2 heterocycles. The third-order valence-corrected chi connectivity index (χ3v) is 4.35. The van der Waals surface area contributed by atoms with E-state index < -0.39 is 0 Å². The third-order valence-electron chi connectivity index (χ3n) is 4.11. The number of anilines is 1. The molecule has 1 aliphatic rings. The molecule has 1 aromatic heterocycles. The van der Waals surface area contributed by atoms with Gasteiger partial charge >= 0.3 is 0 Å². The molecule has 5 nitrogen and oxygen atoms in total. The largest absolute Gasteiger partial charge is 0.350 e. The molecule has 3 rings (SSSR count). The summed E-state index contributed by atoms with van der Waals surface area (Å²) in [6.45, 7) is 3.11. The Labute approximate surface area is 135 Å². The van der Waals surface area contributed by atoms with Crippen LogP contribution in [0.15, 0.2) is 24.3 Å². The number of hydrogen-bond donors (Lipinski definition) is 0. The second kappa shape index (κ2) is 6.37. The molecule has 0 saturated carbocycles. The smallest absolute Gasteiger partial charge is 0.207 e. The standard InChI is InChI=1S/C16H18ClN5/c1-2-13-7-3-4-9-21(13)16-15(11-18)19-22(20-16)14-8-5-6-12(17)10-14/h5-6,8,10,13H,2-4,7,9H2,1H3. The summed E-state index contributed by atoms with van der Waals surface area (Å²) < 4.78 is 0. The summed E-state index contributed by atoms with van der Waals surface area (Å²) in [5.41, 5.74) is 1.14. The number of nitriles is 1. The molecule has 0 spiro atoms. The van der Waals surface area contributed by atoms with Crippen LogP contribution in [0.3, 0.4) is 0 Å². The van der Waals surface area contributed by atoms with Crippen molar-refractivity contribution in [1.29, 1.82) is 5.26 Å². The minimum atomic E-state index is 0.375. The van der Waals surface area contributed by atoms with Crippen LogP contribution >= 0.6 is 11.6 Å². The van der Waals surface area contributed by atoms with Gasteiger partial charge in [-0.1, -0.05) is 24.6 Å². The second-order valence-electron chi connectivity index (χ2n) is 5.50. The maximum Gasteiger partial charge on any atom is 0.207 e. The summed E-state index contributed by atoms with van der Waals surface area (Å²) in [5, 5.41) is 18.9. The molecule has 0 N–H and O–H groups in total. The lowest BCUT2D eigenvalue weighted by Gasteiger charge is -2.35. The lowest BCUT2D eigenvalue weighted by atomic mass is 10.00. The number of benzene rings is 1. The monoisotopic (exact) mass is 315 g/mol. The van der Waals surface area contributed by atoms with E-state index in [0.717, 1.165) is 31.5 Å². The Bertz CT molecular complexity index is 703. The van der Waals surface area contributed by atoms with Gasteiger partial charge in [-0.3, -0.25) is 0 Å². The van der Waals surface area contributed by atoms with E-state index in [1.165, 1.54) is 11.2 Å². The second-order valence-corrected chi connectivity index (χ2v) is 5.94. The Morgan fingerprint density at radius 3 is 2.95 bits per heavy atom. The summed E-state index contributed by atoms with van der Waals surface area (Å²) in [7, 11) is 0. The summed E-state index contributed by atoms with van der Waals surface area (Å²) in [4.78, 5) is 3.73. The summed E-state index contributed by atoms with van der Waals surface area (Å²) in [6.07, 6.45) is 4.56. The molecule has 1 fully saturated rings. The topological polar surface area (TPSA) is 57.7 Å². The summed E-state index contributed by atoms with van der Waals surface area (Å²) in [5.74, 6) is 0.689. The molecule has 1 atom stereocenters. The normalized spacial score (nSPS) is 18.2. The van der Waals surface area contributed by atoms with Crippen LogP contribution in [0.2, 0.25) is 5.02 Å². The first-order valence-electron chi connectivity index (χ1n) is 7.63. The molecule has 0 amide bonds. The van der Waals surface area contributed by atoms with E-state index in [-0.39, 0.29) is 0 Å². The Kier molecular flexibility index (Phi) is 4.30. The highest BCUT2D eigenvalue weighted by atomic mass is 35.5. The molecule has 1 saturated heterocycles. The highest BCUT2D eigenvalue weighted by Crippen LogP contribution is 2.27. The average molecular weight is 316 g/mol. The van der Waals surface area contributed by atoms with Gasteiger partial charge in [0, 0.05) is 17.6 Å². The van der Waals surface area contributed by atoms with Gasteiger partial charge in [0.15, 0.2) is 5.82 Å². The van der Waals surface area contributed by atoms with Crippen molar-refractivity contribution >= 4 is 17.4 Å². The van der Waals surface area contributed by atoms with Gasteiger partial charge in [-0.2, -0.15) is 5.26 Å². The highest BCUT2D eigenvalue weighted by Gasteiger charge is 2.26. The zero-order valence-electron chi connectivity index (χ0n) is 12.5. The van der Waals surface area contributed by atoms with Crippen molar-refractivity contribution < 1.29 is 0 Å². The van der Waals surface area contributed by atoms with E-state index in [1.54, 1.807) is 12.1 Å². The van der Waals surface area contributed by atoms with Crippen molar-refractivity contribution in [2.24, 2.45) is 0 Å². The van der Waals surface area contributed by atoms with E-state index in [4.69, 9.17) is 11.6 Å². The van der Waals surface area contributed by atoms with E-state index in [0.29, 0.717) is 22.6 Å². The highest BCUT2D eigenvalue weighted by molar-refractivity contribution is 6.30.